The highest BCUT2D eigenvalue weighted by Crippen LogP contribution is 2.21. The molecule has 5 nitrogen and oxygen atoms in total. The van der Waals surface area contributed by atoms with Gasteiger partial charge in [-0.15, -0.1) is 11.3 Å². The van der Waals surface area contributed by atoms with Crippen LogP contribution in [0.15, 0.2) is 23.6 Å². The van der Waals surface area contributed by atoms with Crippen molar-refractivity contribution in [2.75, 3.05) is 0 Å². The minimum atomic E-state index is -0.925. The minimum Gasteiger partial charge on any atom is -0.478 e. The van der Waals surface area contributed by atoms with Crippen LogP contribution in [0, 0.1) is 13.8 Å². The number of aromatic carboxylic acids is 1. The lowest BCUT2D eigenvalue weighted by molar-refractivity contribution is 0.0698. The van der Waals surface area contributed by atoms with E-state index in [2.05, 4.69) is 9.97 Å². The van der Waals surface area contributed by atoms with Gasteiger partial charge in [0.25, 0.3) is 0 Å². The molecule has 21 heavy (non-hydrogen) atoms. The third-order valence-electron chi connectivity index (χ3n) is 3.45. The maximum absolute atomic E-state index is 11.4. The predicted octanol–water partition coefficient (Wildman–Crippen LogP) is 3.05. The van der Waals surface area contributed by atoms with E-state index in [-0.39, 0.29) is 0 Å². The molecule has 3 rings (SSSR count). The lowest BCUT2D eigenvalue weighted by Crippen LogP contribution is -2.07. The van der Waals surface area contributed by atoms with Crippen LogP contribution in [0.4, 0.5) is 0 Å². The van der Waals surface area contributed by atoms with E-state index in [0.717, 1.165) is 28.5 Å². The van der Waals surface area contributed by atoms with Gasteiger partial charge in [-0.3, -0.25) is 0 Å². The van der Waals surface area contributed by atoms with Gasteiger partial charge in [0.15, 0.2) is 0 Å². The van der Waals surface area contributed by atoms with Gasteiger partial charge in [-0.05, 0) is 26.0 Å². The third kappa shape index (κ3) is 2.54. The van der Waals surface area contributed by atoms with Crippen LogP contribution >= 0.6 is 11.3 Å². The average molecular weight is 301 g/mol. The summed E-state index contributed by atoms with van der Waals surface area (Å²) in [5.41, 5.74) is 2.74. The first-order valence-electron chi connectivity index (χ1n) is 6.66. The van der Waals surface area contributed by atoms with Crippen molar-refractivity contribution in [2.45, 2.75) is 26.8 Å². The average Bonchev–Trinajstić information content (AvgIpc) is 2.98. The number of fused-ring (bicyclic) bond motifs is 1. The smallest absolute Gasteiger partial charge is 0.337 e. The van der Waals surface area contributed by atoms with E-state index < -0.39 is 5.97 Å². The van der Waals surface area contributed by atoms with Gasteiger partial charge < -0.3 is 9.67 Å². The molecular weight excluding hydrogens is 286 g/mol. The number of aromatic nitrogens is 3. The van der Waals surface area contributed by atoms with Crippen molar-refractivity contribution < 1.29 is 9.90 Å². The fraction of sp³-hybridized carbons (Fsp3) is 0.267. The zero-order valence-electron chi connectivity index (χ0n) is 11.8. The molecule has 0 radical (unpaired) electrons. The van der Waals surface area contributed by atoms with E-state index in [0.29, 0.717) is 17.6 Å². The summed E-state index contributed by atoms with van der Waals surface area (Å²) in [6.45, 7) is 4.56. The summed E-state index contributed by atoms with van der Waals surface area (Å²) in [5.74, 6) is -0.100. The van der Waals surface area contributed by atoms with Crippen molar-refractivity contribution >= 4 is 28.3 Å². The maximum atomic E-state index is 11.4. The first-order chi connectivity index (χ1) is 10.1. The molecule has 2 heterocycles. The molecule has 2 aromatic heterocycles. The zero-order chi connectivity index (χ0) is 15.0. The Balaban J connectivity index is 2.01. The number of carboxylic acid groups (broad SMARTS) is 1. The molecule has 1 aromatic carbocycles. The molecule has 6 heteroatoms. The van der Waals surface area contributed by atoms with Crippen molar-refractivity contribution in [3.05, 3.63) is 45.7 Å². The summed E-state index contributed by atoms with van der Waals surface area (Å²) in [4.78, 5) is 20.3. The van der Waals surface area contributed by atoms with Crippen molar-refractivity contribution in [2.24, 2.45) is 0 Å². The molecular formula is C15H15N3O2S. The quantitative estimate of drug-likeness (QED) is 0.804. The van der Waals surface area contributed by atoms with Crippen molar-refractivity contribution in [3.63, 3.8) is 0 Å². The number of thiazole rings is 1. The first kappa shape index (κ1) is 13.8. The van der Waals surface area contributed by atoms with Crippen molar-refractivity contribution in [3.8, 4) is 0 Å². The van der Waals surface area contributed by atoms with Gasteiger partial charge in [0.2, 0.25) is 0 Å². The van der Waals surface area contributed by atoms with E-state index in [1.807, 2.05) is 29.9 Å². The molecule has 0 unspecified atom stereocenters. The molecule has 0 spiro atoms. The Kier molecular flexibility index (Phi) is 3.47. The Morgan fingerprint density at radius 2 is 2.14 bits per heavy atom. The summed E-state index contributed by atoms with van der Waals surface area (Å²) in [7, 11) is 0. The van der Waals surface area contributed by atoms with Gasteiger partial charge in [0.1, 0.15) is 5.82 Å². The number of rotatable bonds is 4. The molecule has 0 bridgehead atoms. The number of carboxylic acids is 1. The molecule has 0 fully saturated rings. The van der Waals surface area contributed by atoms with Crippen molar-refractivity contribution in [1.29, 1.82) is 0 Å². The summed E-state index contributed by atoms with van der Waals surface area (Å²) in [5, 5.41) is 12.4. The number of carbonyl (C=O) groups is 1. The summed E-state index contributed by atoms with van der Waals surface area (Å²) >= 11 is 1.63. The van der Waals surface area contributed by atoms with E-state index in [4.69, 9.17) is 0 Å². The first-order valence-corrected chi connectivity index (χ1v) is 7.54. The Labute approximate surface area is 125 Å². The van der Waals surface area contributed by atoms with E-state index in [1.165, 1.54) is 0 Å². The third-order valence-corrected chi connectivity index (χ3v) is 4.27. The van der Waals surface area contributed by atoms with Gasteiger partial charge in [0, 0.05) is 18.3 Å². The van der Waals surface area contributed by atoms with Crippen LogP contribution < -0.4 is 0 Å². The lowest BCUT2D eigenvalue weighted by Gasteiger charge is -2.07. The number of benzene rings is 1. The number of hydrogen-bond acceptors (Lipinski definition) is 4. The molecule has 108 valence electrons. The predicted molar refractivity (Wildman–Crippen MR) is 82.0 cm³/mol. The number of hydrogen-bond donors (Lipinski definition) is 1. The topological polar surface area (TPSA) is 68.0 Å². The normalized spacial score (nSPS) is 11.1. The van der Waals surface area contributed by atoms with Crippen molar-refractivity contribution in [1.82, 2.24) is 14.5 Å². The molecule has 0 saturated heterocycles. The molecule has 0 aliphatic heterocycles. The fourth-order valence-corrected chi connectivity index (χ4v) is 3.14. The summed E-state index contributed by atoms with van der Waals surface area (Å²) in [6, 6.07) is 5.19. The lowest BCUT2D eigenvalue weighted by atomic mass is 10.2. The largest absolute Gasteiger partial charge is 0.478 e. The second-order valence-electron chi connectivity index (χ2n) is 4.90. The van der Waals surface area contributed by atoms with Crippen LogP contribution in [0.5, 0.6) is 0 Å². The van der Waals surface area contributed by atoms with Gasteiger partial charge >= 0.3 is 5.97 Å². The van der Waals surface area contributed by atoms with Crippen LogP contribution in [0.3, 0.4) is 0 Å². The van der Waals surface area contributed by atoms with E-state index in [1.54, 1.807) is 23.5 Å². The summed E-state index contributed by atoms with van der Waals surface area (Å²) in [6.07, 6.45) is 0.768. The van der Waals surface area contributed by atoms with E-state index >= 15 is 0 Å². The standard InChI is InChI=1S/C15H15N3O2S/c1-9-16-13-5-3-4-12(15(19)20)14(13)18(9)7-6-11-8-21-10(2)17-11/h3-5,8H,6-7H2,1-2H3,(H,19,20). The Hall–Kier alpha value is -2.21. The van der Waals surface area contributed by atoms with E-state index in [9.17, 15) is 9.90 Å². The van der Waals surface area contributed by atoms with Crippen LogP contribution in [0.2, 0.25) is 0 Å². The number of para-hydroxylation sites is 1. The van der Waals surface area contributed by atoms with Crippen LogP contribution in [0.1, 0.15) is 26.9 Å². The molecule has 1 N–H and O–H groups in total. The molecule has 0 amide bonds. The van der Waals surface area contributed by atoms with Gasteiger partial charge in [0.05, 0.1) is 27.3 Å². The maximum Gasteiger partial charge on any atom is 0.337 e. The minimum absolute atomic E-state index is 0.294. The summed E-state index contributed by atoms with van der Waals surface area (Å²) < 4.78 is 1.97. The fourth-order valence-electron chi connectivity index (χ4n) is 2.50. The van der Waals surface area contributed by atoms with Gasteiger partial charge in [-0.1, -0.05) is 6.07 Å². The molecule has 0 atom stereocenters. The van der Waals surface area contributed by atoms with Crippen LogP contribution in [0.25, 0.3) is 11.0 Å². The highest BCUT2D eigenvalue weighted by Gasteiger charge is 2.15. The number of nitrogens with zero attached hydrogens (tertiary/aromatic N) is 3. The molecule has 0 aliphatic carbocycles. The highest BCUT2D eigenvalue weighted by atomic mass is 32.1. The Morgan fingerprint density at radius 1 is 1.33 bits per heavy atom. The SMILES string of the molecule is Cc1nc(CCn2c(C)nc3cccc(C(=O)O)c32)cs1. The molecule has 3 aromatic rings. The highest BCUT2D eigenvalue weighted by molar-refractivity contribution is 7.09. The Morgan fingerprint density at radius 3 is 2.81 bits per heavy atom. The number of aryl methyl sites for hydroxylation is 4. The van der Waals surface area contributed by atoms with Gasteiger partial charge in [-0.2, -0.15) is 0 Å². The monoisotopic (exact) mass is 301 g/mol. The molecule has 0 aliphatic rings. The number of imidazole rings is 1. The van der Waals surface area contributed by atoms with Gasteiger partial charge in [-0.25, -0.2) is 14.8 Å². The van der Waals surface area contributed by atoms with Crippen LogP contribution in [-0.2, 0) is 13.0 Å². The second-order valence-corrected chi connectivity index (χ2v) is 5.96. The second kappa shape index (κ2) is 5.29. The Bertz CT molecular complexity index is 820. The van der Waals surface area contributed by atoms with Crippen LogP contribution in [-0.4, -0.2) is 25.6 Å². The zero-order valence-corrected chi connectivity index (χ0v) is 12.6. The molecule has 0 saturated carbocycles.